The molecule has 2 atom stereocenters. The number of aliphatic imine (C=N–C) groups is 1. The Hall–Kier alpha value is -1.53. The molecule has 6 heteroatoms. The fourth-order valence-electron chi connectivity index (χ4n) is 2.85. The number of guanidine groups is 1. The summed E-state index contributed by atoms with van der Waals surface area (Å²) in [6, 6.07) is 4.36. The number of hydrogen-bond donors (Lipinski definition) is 2. The van der Waals surface area contributed by atoms with Crippen LogP contribution in [0.15, 0.2) is 21.5 Å². The Balaban J connectivity index is 2.00. The van der Waals surface area contributed by atoms with Crippen molar-refractivity contribution in [2.75, 3.05) is 33.4 Å². The van der Waals surface area contributed by atoms with Crippen LogP contribution in [0, 0.1) is 6.92 Å². The Morgan fingerprint density at radius 3 is 2.77 bits per heavy atom. The molecule has 2 heterocycles. The minimum Gasteiger partial charge on any atom is -0.465 e. The molecule has 2 unspecified atom stereocenters. The molecule has 1 aromatic heterocycles. The van der Waals surface area contributed by atoms with E-state index in [1.165, 1.54) is 12.8 Å². The third-order valence-corrected chi connectivity index (χ3v) is 3.92. The highest BCUT2D eigenvalue weighted by atomic mass is 16.5. The number of nitrogens with one attached hydrogen (secondary N) is 1. The predicted octanol–water partition coefficient (Wildman–Crippen LogP) is 1.66. The fourth-order valence-corrected chi connectivity index (χ4v) is 2.85. The molecule has 1 saturated heterocycles. The maximum atomic E-state index is 5.97. The number of nitrogens with zero attached hydrogens (tertiary/aromatic N) is 2. The maximum absolute atomic E-state index is 5.97. The third kappa shape index (κ3) is 4.74. The summed E-state index contributed by atoms with van der Waals surface area (Å²) in [5.74, 6) is 2.36. The molecule has 22 heavy (non-hydrogen) atoms. The van der Waals surface area contributed by atoms with Crippen LogP contribution in [0.4, 0.5) is 0 Å². The van der Waals surface area contributed by atoms with Crippen molar-refractivity contribution in [2.24, 2.45) is 10.7 Å². The second-order valence-corrected chi connectivity index (χ2v) is 5.93. The minimum absolute atomic E-state index is 0.143. The van der Waals surface area contributed by atoms with E-state index in [2.05, 4.69) is 15.2 Å². The van der Waals surface area contributed by atoms with Crippen LogP contribution in [0.2, 0.25) is 0 Å². The van der Waals surface area contributed by atoms with Gasteiger partial charge in [0.1, 0.15) is 11.5 Å². The van der Waals surface area contributed by atoms with Gasteiger partial charge in [0.05, 0.1) is 19.2 Å². The van der Waals surface area contributed by atoms with Crippen LogP contribution in [-0.4, -0.2) is 50.3 Å². The van der Waals surface area contributed by atoms with Crippen LogP contribution in [0.5, 0.6) is 0 Å². The van der Waals surface area contributed by atoms with Crippen LogP contribution in [-0.2, 0) is 4.74 Å². The SMILES string of the molecule is COCC(C)NC(N)=NCC(c1ccc(C)o1)N1CCCC1. The smallest absolute Gasteiger partial charge is 0.188 e. The summed E-state index contributed by atoms with van der Waals surface area (Å²) in [5, 5.41) is 3.14. The number of ether oxygens (including phenoxy) is 1. The quantitative estimate of drug-likeness (QED) is 0.592. The zero-order chi connectivity index (χ0) is 15.9. The molecule has 1 aliphatic rings. The lowest BCUT2D eigenvalue weighted by atomic mass is 10.2. The van der Waals surface area contributed by atoms with Gasteiger partial charge in [-0.1, -0.05) is 0 Å². The molecule has 3 N–H and O–H groups in total. The van der Waals surface area contributed by atoms with Gasteiger partial charge in [0.15, 0.2) is 5.96 Å². The Kier molecular flexibility index (Phi) is 6.27. The highest BCUT2D eigenvalue weighted by Gasteiger charge is 2.25. The molecule has 124 valence electrons. The topological polar surface area (TPSA) is 76.0 Å². The second kappa shape index (κ2) is 8.19. The van der Waals surface area contributed by atoms with E-state index in [1.807, 2.05) is 26.0 Å². The normalized spacial score (nSPS) is 19.3. The summed E-state index contributed by atoms with van der Waals surface area (Å²) in [5.41, 5.74) is 5.97. The summed E-state index contributed by atoms with van der Waals surface area (Å²) in [7, 11) is 1.67. The Labute approximate surface area is 132 Å². The molecule has 1 aliphatic heterocycles. The van der Waals surface area contributed by atoms with Crippen molar-refractivity contribution in [2.45, 2.75) is 38.8 Å². The molecule has 2 rings (SSSR count). The van der Waals surface area contributed by atoms with E-state index in [1.54, 1.807) is 7.11 Å². The molecule has 0 saturated carbocycles. The van der Waals surface area contributed by atoms with Crippen LogP contribution < -0.4 is 11.1 Å². The number of hydrogen-bond acceptors (Lipinski definition) is 4. The molecule has 0 aliphatic carbocycles. The minimum atomic E-state index is 0.143. The van der Waals surface area contributed by atoms with Crippen molar-refractivity contribution in [3.05, 3.63) is 23.7 Å². The van der Waals surface area contributed by atoms with Crippen molar-refractivity contribution in [3.8, 4) is 0 Å². The van der Waals surface area contributed by atoms with Crippen LogP contribution >= 0.6 is 0 Å². The standard InChI is InChI=1S/C16H28N4O2/c1-12(11-21-3)19-16(17)18-10-14(20-8-4-5-9-20)15-7-6-13(2)22-15/h6-7,12,14H,4-5,8-11H2,1-3H3,(H3,17,18,19). The molecule has 0 amide bonds. The number of furan rings is 1. The summed E-state index contributed by atoms with van der Waals surface area (Å²) < 4.78 is 10.9. The summed E-state index contributed by atoms with van der Waals surface area (Å²) in [4.78, 5) is 6.93. The van der Waals surface area contributed by atoms with Gasteiger partial charge in [-0.2, -0.15) is 0 Å². The predicted molar refractivity (Wildman–Crippen MR) is 88.0 cm³/mol. The molecular formula is C16H28N4O2. The van der Waals surface area contributed by atoms with Crippen molar-refractivity contribution < 1.29 is 9.15 Å². The van der Waals surface area contributed by atoms with E-state index in [4.69, 9.17) is 14.9 Å². The Morgan fingerprint density at radius 1 is 1.45 bits per heavy atom. The van der Waals surface area contributed by atoms with Gasteiger partial charge in [-0.15, -0.1) is 0 Å². The van der Waals surface area contributed by atoms with Crippen molar-refractivity contribution in [3.63, 3.8) is 0 Å². The average molecular weight is 308 g/mol. The van der Waals surface area contributed by atoms with Gasteiger partial charge in [0.2, 0.25) is 0 Å². The first-order valence-electron chi connectivity index (χ1n) is 7.96. The molecule has 6 nitrogen and oxygen atoms in total. The molecule has 0 spiro atoms. The number of methoxy groups -OCH3 is 1. The number of rotatable bonds is 7. The fraction of sp³-hybridized carbons (Fsp3) is 0.688. The van der Waals surface area contributed by atoms with E-state index < -0.39 is 0 Å². The second-order valence-electron chi connectivity index (χ2n) is 5.93. The van der Waals surface area contributed by atoms with E-state index in [0.29, 0.717) is 19.1 Å². The summed E-state index contributed by atoms with van der Waals surface area (Å²) in [6.45, 7) is 7.37. The monoisotopic (exact) mass is 308 g/mol. The zero-order valence-electron chi connectivity index (χ0n) is 13.8. The van der Waals surface area contributed by atoms with E-state index in [0.717, 1.165) is 24.6 Å². The van der Waals surface area contributed by atoms with Crippen molar-refractivity contribution in [1.82, 2.24) is 10.2 Å². The van der Waals surface area contributed by atoms with Gasteiger partial charge in [-0.3, -0.25) is 9.89 Å². The van der Waals surface area contributed by atoms with E-state index in [9.17, 15) is 0 Å². The molecule has 0 aromatic carbocycles. The van der Waals surface area contributed by atoms with Crippen LogP contribution in [0.3, 0.4) is 0 Å². The summed E-state index contributed by atoms with van der Waals surface area (Å²) in [6.07, 6.45) is 2.47. The molecule has 0 bridgehead atoms. The van der Waals surface area contributed by atoms with E-state index in [-0.39, 0.29) is 12.1 Å². The van der Waals surface area contributed by atoms with E-state index >= 15 is 0 Å². The Bertz CT molecular complexity index is 480. The average Bonchev–Trinajstić information content (AvgIpc) is 3.11. The number of likely N-dealkylation sites (tertiary alicyclic amines) is 1. The lowest BCUT2D eigenvalue weighted by Gasteiger charge is -2.24. The van der Waals surface area contributed by atoms with Gasteiger partial charge >= 0.3 is 0 Å². The van der Waals surface area contributed by atoms with Crippen LogP contribution in [0.25, 0.3) is 0 Å². The van der Waals surface area contributed by atoms with Gasteiger partial charge in [0.25, 0.3) is 0 Å². The lowest BCUT2D eigenvalue weighted by molar-refractivity contribution is 0.179. The maximum Gasteiger partial charge on any atom is 0.188 e. The van der Waals surface area contributed by atoms with Gasteiger partial charge in [-0.25, -0.2) is 0 Å². The third-order valence-electron chi connectivity index (χ3n) is 3.92. The number of nitrogens with two attached hydrogens (primary N) is 1. The van der Waals surface area contributed by atoms with Gasteiger partial charge in [-0.05, 0) is 51.9 Å². The van der Waals surface area contributed by atoms with Crippen molar-refractivity contribution in [1.29, 1.82) is 0 Å². The van der Waals surface area contributed by atoms with Gasteiger partial charge < -0.3 is 20.2 Å². The highest BCUT2D eigenvalue weighted by molar-refractivity contribution is 5.78. The lowest BCUT2D eigenvalue weighted by Crippen LogP contribution is -2.41. The largest absolute Gasteiger partial charge is 0.465 e. The number of aryl methyl sites for hydroxylation is 1. The molecule has 0 radical (unpaired) electrons. The first-order valence-corrected chi connectivity index (χ1v) is 7.96. The first-order chi connectivity index (χ1) is 10.6. The van der Waals surface area contributed by atoms with Crippen molar-refractivity contribution >= 4 is 5.96 Å². The zero-order valence-corrected chi connectivity index (χ0v) is 13.8. The molecule has 1 aromatic rings. The highest BCUT2D eigenvalue weighted by Crippen LogP contribution is 2.26. The van der Waals surface area contributed by atoms with Gasteiger partial charge in [0, 0.05) is 13.2 Å². The van der Waals surface area contributed by atoms with Crippen LogP contribution in [0.1, 0.15) is 37.3 Å². The Morgan fingerprint density at radius 2 is 2.18 bits per heavy atom. The molecule has 1 fully saturated rings. The first kappa shape index (κ1) is 16.8. The summed E-state index contributed by atoms with van der Waals surface area (Å²) >= 11 is 0. The molecular weight excluding hydrogens is 280 g/mol.